The molecule has 1 atom stereocenters. The molecule has 0 radical (unpaired) electrons. The van der Waals surface area contributed by atoms with E-state index in [0.29, 0.717) is 6.42 Å². The van der Waals surface area contributed by atoms with E-state index in [-0.39, 0.29) is 29.6 Å². The maximum absolute atomic E-state index is 10.1. The molecular formula is C9H19NaO5S. The Morgan fingerprint density at radius 3 is 2.31 bits per heavy atom. The Morgan fingerprint density at radius 1 is 1.25 bits per heavy atom. The molecule has 0 aromatic heterocycles. The van der Waals surface area contributed by atoms with E-state index in [4.69, 9.17) is 0 Å². The molecule has 0 fully saturated rings. The first kappa shape index (κ1) is 19.2. The first-order chi connectivity index (χ1) is 6.95. The molecule has 0 heterocycles. The number of aliphatic hydroxyl groups is 1. The summed E-state index contributed by atoms with van der Waals surface area (Å²) in [6, 6.07) is 0. The number of hydrogen-bond acceptors (Lipinski definition) is 5. The molecule has 0 amide bonds. The molecule has 5 nitrogen and oxygen atoms in total. The minimum atomic E-state index is -4.67. The topological polar surface area (TPSA) is 86.7 Å². The van der Waals surface area contributed by atoms with Crippen molar-refractivity contribution in [1.29, 1.82) is 0 Å². The Kier molecular flexibility index (Phi) is 13.1. The minimum Gasteiger partial charge on any atom is -0.726 e. The van der Waals surface area contributed by atoms with Crippen molar-refractivity contribution in [3.63, 3.8) is 0 Å². The Balaban J connectivity index is 0. The Morgan fingerprint density at radius 2 is 1.81 bits per heavy atom. The van der Waals surface area contributed by atoms with Gasteiger partial charge in [0.25, 0.3) is 0 Å². The minimum absolute atomic E-state index is 0. The molecule has 0 aromatic carbocycles. The van der Waals surface area contributed by atoms with Gasteiger partial charge in [0.05, 0.1) is 12.7 Å². The van der Waals surface area contributed by atoms with Gasteiger partial charge in [-0.1, -0.05) is 39.0 Å². The zero-order valence-corrected chi connectivity index (χ0v) is 12.8. The summed E-state index contributed by atoms with van der Waals surface area (Å²) in [6.07, 6.45) is 4.87. The molecule has 0 rings (SSSR count). The fraction of sp³-hybridized carbons (Fsp3) is 1.00. The predicted octanol–water partition coefficient (Wildman–Crippen LogP) is -1.81. The van der Waals surface area contributed by atoms with Gasteiger partial charge >= 0.3 is 29.6 Å². The van der Waals surface area contributed by atoms with Gasteiger partial charge in [-0.25, -0.2) is 8.42 Å². The maximum atomic E-state index is 10.1. The zero-order chi connectivity index (χ0) is 11.7. The fourth-order valence-corrected chi connectivity index (χ4v) is 1.55. The van der Waals surface area contributed by atoms with Crippen LogP contribution in [0.2, 0.25) is 0 Å². The van der Waals surface area contributed by atoms with E-state index in [1.807, 2.05) is 0 Å². The van der Waals surface area contributed by atoms with Crippen LogP contribution in [0.25, 0.3) is 0 Å². The van der Waals surface area contributed by atoms with Crippen LogP contribution in [-0.2, 0) is 14.6 Å². The van der Waals surface area contributed by atoms with E-state index in [9.17, 15) is 18.1 Å². The molecule has 0 saturated heterocycles. The van der Waals surface area contributed by atoms with Crippen LogP contribution in [-0.4, -0.2) is 30.8 Å². The average molecular weight is 262 g/mol. The van der Waals surface area contributed by atoms with Gasteiger partial charge in [0.2, 0.25) is 10.4 Å². The third-order valence-corrected chi connectivity index (χ3v) is 2.47. The van der Waals surface area contributed by atoms with Crippen molar-refractivity contribution in [2.24, 2.45) is 0 Å². The Bertz CT molecular complexity index is 242. The zero-order valence-electron chi connectivity index (χ0n) is 10.0. The van der Waals surface area contributed by atoms with Crippen molar-refractivity contribution in [3.8, 4) is 0 Å². The summed E-state index contributed by atoms with van der Waals surface area (Å²) in [7, 11) is -4.67. The molecule has 0 aromatic rings. The number of hydrogen-bond donors (Lipinski definition) is 1. The molecule has 0 aliphatic heterocycles. The number of rotatable bonds is 9. The van der Waals surface area contributed by atoms with Crippen LogP contribution in [0, 0.1) is 0 Å². The molecule has 16 heavy (non-hydrogen) atoms. The van der Waals surface area contributed by atoms with Crippen LogP contribution < -0.4 is 29.6 Å². The number of unbranched alkanes of at least 4 members (excludes halogenated alkanes) is 4. The molecule has 0 aliphatic rings. The van der Waals surface area contributed by atoms with E-state index in [0.717, 1.165) is 25.7 Å². The van der Waals surface area contributed by atoms with Crippen molar-refractivity contribution in [3.05, 3.63) is 0 Å². The third-order valence-electron chi connectivity index (χ3n) is 2.05. The summed E-state index contributed by atoms with van der Waals surface area (Å²) in [5, 5.41) is 9.24. The van der Waals surface area contributed by atoms with Gasteiger partial charge in [-0.3, -0.25) is 4.18 Å². The van der Waals surface area contributed by atoms with Crippen molar-refractivity contribution in [2.75, 3.05) is 6.61 Å². The van der Waals surface area contributed by atoms with E-state index in [1.165, 1.54) is 6.42 Å². The first-order valence-corrected chi connectivity index (χ1v) is 6.57. The third kappa shape index (κ3) is 14.8. The molecule has 0 bridgehead atoms. The van der Waals surface area contributed by atoms with Crippen molar-refractivity contribution in [2.45, 2.75) is 51.6 Å². The van der Waals surface area contributed by atoms with Crippen molar-refractivity contribution >= 4 is 10.4 Å². The van der Waals surface area contributed by atoms with Gasteiger partial charge in [-0.2, -0.15) is 0 Å². The second-order valence-corrected chi connectivity index (χ2v) is 4.60. The molecule has 7 heteroatoms. The van der Waals surface area contributed by atoms with E-state index >= 15 is 0 Å². The quantitative estimate of drug-likeness (QED) is 0.229. The summed E-state index contributed by atoms with van der Waals surface area (Å²) in [5.41, 5.74) is 0. The second kappa shape index (κ2) is 11.0. The standard InChI is InChI=1S/C9H20O5S.Na/c1-2-3-4-5-6-7-9(10)8-14-15(11,12)13;/h9-10H,2-8H2,1H3,(H,11,12,13);/q;+1/p-1. The normalized spacial score (nSPS) is 13.2. The summed E-state index contributed by atoms with van der Waals surface area (Å²) in [5.74, 6) is 0. The Hall–Kier alpha value is 0.830. The monoisotopic (exact) mass is 262 g/mol. The summed E-state index contributed by atoms with van der Waals surface area (Å²) < 4.78 is 34.1. The Labute approximate surface area is 120 Å². The van der Waals surface area contributed by atoms with Gasteiger partial charge in [0.1, 0.15) is 0 Å². The van der Waals surface area contributed by atoms with E-state index < -0.39 is 23.1 Å². The van der Waals surface area contributed by atoms with Crippen LogP contribution in [0.4, 0.5) is 0 Å². The van der Waals surface area contributed by atoms with Crippen LogP contribution in [0.1, 0.15) is 45.4 Å². The van der Waals surface area contributed by atoms with E-state index in [1.54, 1.807) is 0 Å². The van der Waals surface area contributed by atoms with E-state index in [2.05, 4.69) is 11.1 Å². The predicted molar refractivity (Wildman–Crippen MR) is 55.0 cm³/mol. The van der Waals surface area contributed by atoms with Gasteiger partial charge in [0.15, 0.2) is 0 Å². The van der Waals surface area contributed by atoms with Gasteiger partial charge in [0, 0.05) is 0 Å². The van der Waals surface area contributed by atoms with Crippen LogP contribution >= 0.6 is 0 Å². The van der Waals surface area contributed by atoms with Crippen LogP contribution in [0.15, 0.2) is 0 Å². The largest absolute Gasteiger partial charge is 1.00 e. The smallest absolute Gasteiger partial charge is 0.726 e. The first-order valence-electron chi connectivity index (χ1n) is 5.24. The van der Waals surface area contributed by atoms with Crippen molar-refractivity contribution in [1.82, 2.24) is 0 Å². The van der Waals surface area contributed by atoms with Crippen LogP contribution in [0.3, 0.4) is 0 Å². The summed E-state index contributed by atoms with van der Waals surface area (Å²) in [4.78, 5) is 0. The molecule has 92 valence electrons. The molecule has 0 spiro atoms. The van der Waals surface area contributed by atoms with Gasteiger partial charge < -0.3 is 9.66 Å². The maximum Gasteiger partial charge on any atom is 1.00 e. The molecular weight excluding hydrogens is 243 g/mol. The van der Waals surface area contributed by atoms with Crippen LogP contribution in [0.5, 0.6) is 0 Å². The second-order valence-electron chi connectivity index (χ2n) is 3.55. The van der Waals surface area contributed by atoms with Gasteiger partial charge in [-0.05, 0) is 6.42 Å². The SMILES string of the molecule is CCCCCCCC(O)COS(=O)(=O)[O-].[Na+]. The number of aliphatic hydroxyl groups excluding tert-OH is 1. The molecule has 0 saturated carbocycles. The molecule has 1 unspecified atom stereocenters. The summed E-state index contributed by atoms with van der Waals surface area (Å²) >= 11 is 0. The summed E-state index contributed by atoms with van der Waals surface area (Å²) in [6.45, 7) is 1.68. The fourth-order valence-electron chi connectivity index (χ4n) is 1.23. The molecule has 0 aliphatic carbocycles. The van der Waals surface area contributed by atoms with Crippen molar-refractivity contribution < 1.29 is 51.8 Å². The molecule has 1 N–H and O–H groups in total. The average Bonchev–Trinajstić information content (AvgIpc) is 2.13. The van der Waals surface area contributed by atoms with Gasteiger partial charge in [-0.15, -0.1) is 0 Å².